The van der Waals surface area contributed by atoms with E-state index >= 15 is 0 Å². The van der Waals surface area contributed by atoms with E-state index in [0.717, 1.165) is 29.8 Å². The second-order valence-corrected chi connectivity index (χ2v) is 7.00. The second-order valence-electron chi connectivity index (χ2n) is 7.00. The van der Waals surface area contributed by atoms with E-state index in [0.29, 0.717) is 19.0 Å². The van der Waals surface area contributed by atoms with Gasteiger partial charge in [0.2, 0.25) is 0 Å². The first kappa shape index (κ1) is 15.9. The molecule has 4 rings (SSSR count). The number of hydrogen-bond acceptors (Lipinski definition) is 2. The van der Waals surface area contributed by atoms with Crippen molar-refractivity contribution in [3.8, 4) is 0 Å². The average Bonchev–Trinajstić information content (AvgIpc) is 2.64. The number of nitrogens with zero attached hydrogens (tertiary/aromatic N) is 2. The fraction of sp³-hybridized carbons (Fsp3) is 0.333. The van der Waals surface area contributed by atoms with Crippen LogP contribution in [0.4, 0.5) is 0 Å². The van der Waals surface area contributed by atoms with E-state index in [1.165, 1.54) is 0 Å². The van der Waals surface area contributed by atoms with Crippen molar-refractivity contribution < 1.29 is 4.79 Å². The molecule has 2 aromatic rings. The molecule has 4 heteroatoms. The van der Waals surface area contributed by atoms with Crippen molar-refractivity contribution in [1.82, 2.24) is 9.47 Å². The number of hydrogen-bond donors (Lipinski definition) is 0. The molecule has 2 atom stereocenters. The lowest BCUT2D eigenvalue weighted by Gasteiger charge is -2.43. The number of allylic oxidation sites excluding steroid dienone is 1. The first-order valence-electron chi connectivity index (χ1n) is 8.88. The Hall–Kier alpha value is -2.62. The number of piperidine rings is 1. The number of aromatic nitrogens is 1. The minimum atomic E-state index is 0.0702. The Morgan fingerprint density at radius 1 is 1.08 bits per heavy atom. The molecule has 1 aromatic carbocycles. The Morgan fingerprint density at radius 2 is 1.88 bits per heavy atom. The van der Waals surface area contributed by atoms with Gasteiger partial charge < -0.3 is 9.47 Å². The van der Waals surface area contributed by atoms with Gasteiger partial charge in [0, 0.05) is 42.9 Å². The fourth-order valence-electron chi connectivity index (χ4n) is 4.30. The lowest BCUT2D eigenvalue weighted by Crippen LogP contribution is -2.49. The molecule has 3 heterocycles. The molecule has 0 unspecified atom stereocenters. The molecule has 0 spiro atoms. The van der Waals surface area contributed by atoms with Crippen LogP contribution in [-0.2, 0) is 6.54 Å². The van der Waals surface area contributed by atoms with Gasteiger partial charge in [-0.15, -0.1) is 0 Å². The summed E-state index contributed by atoms with van der Waals surface area (Å²) >= 11 is 0. The van der Waals surface area contributed by atoms with Crippen molar-refractivity contribution in [3.05, 3.63) is 75.7 Å². The van der Waals surface area contributed by atoms with E-state index in [4.69, 9.17) is 0 Å². The van der Waals surface area contributed by atoms with Crippen LogP contribution in [0.1, 0.15) is 40.9 Å². The third-order valence-electron chi connectivity index (χ3n) is 5.28. The number of rotatable bonds is 2. The normalized spacial score (nSPS) is 22.0. The predicted molar refractivity (Wildman–Crippen MR) is 98.6 cm³/mol. The van der Waals surface area contributed by atoms with E-state index in [1.54, 1.807) is 6.07 Å². The highest BCUT2D eigenvalue weighted by Gasteiger charge is 2.37. The number of fused-ring (bicyclic) bond motifs is 4. The van der Waals surface area contributed by atoms with Crippen molar-refractivity contribution in [2.75, 3.05) is 13.1 Å². The Kier molecular flexibility index (Phi) is 4.04. The van der Waals surface area contributed by atoms with Gasteiger partial charge in [-0.1, -0.05) is 30.4 Å². The van der Waals surface area contributed by atoms with Gasteiger partial charge in [-0.3, -0.25) is 9.59 Å². The molecule has 1 aromatic heterocycles. The number of carbonyl (C=O) groups is 1. The summed E-state index contributed by atoms with van der Waals surface area (Å²) in [7, 11) is 0. The summed E-state index contributed by atoms with van der Waals surface area (Å²) in [6, 6.07) is 13.0. The van der Waals surface area contributed by atoms with Gasteiger partial charge in [-0.25, -0.2) is 0 Å². The maximum absolute atomic E-state index is 12.9. The number of carbonyl (C=O) groups excluding carboxylic acids is 1. The average molecular weight is 334 g/mol. The monoisotopic (exact) mass is 334 g/mol. The summed E-state index contributed by atoms with van der Waals surface area (Å²) < 4.78 is 1.93. The highest BCUT2D eigenvalue weighted by Crippen LogP contribution is 2.37. The molecule has 0 aliphatic carbocycles. The molecule has 0 radical (unpaired) electrons. The van der Waals surface area contributed by atoms with Crippen molar-refractivity contribution >= 4 is 12.0 Å². The van der Waals surface area contributed by atoms with Gasteiger partial charge in [0.25, 0.3) is 11.5 Å². The molecular formula is C21H22N2O2. The number of amides is 1. The number of pyridine rings is 1. The van der Waals surface area contributed by atoms with E-state index < -0.39 is 0 Å². The van der Waals surface area contributed by atoms with Crippen molar-refractivity contribution in [1.29, 1.82) is 0 Å². The zero-order valence-corrected chi connectivity index (χ0v) is 14.4. The van der Waals surface area contributed by atoms with Gasteiger partial charge in [0.15, 0.2) is 0 Å². The number of likely N-dealkylation sites (tertiary alicyclic amines) is 1. The summed E-state index contributed by atoms with van der Waals surface area (Å²) in [5.74, 6) is 0.660. The minimum Gasteiger partial charge on any atom is -0.338 e. The highest BCUT2D eigenvalue weighted by molar-refractivity contribution is 5.94. The van der Waals surface area contributed by atoms with Crippen LogP contribution in [0.3, 0.4) is 0 Å². The molecule has 128 valence electrons. The maximum atomic E-state index is 12.9. The molecule has 25 heavy (non-hydrogen) atoms. The lowest BCUT2D eigenvalue weighted by atomic mass is 9.81. The SMILES string of the molecule is CC=Cc1ccc(=O)n2c1[C@H]1C[C@@H](CN(C(=O)c3ccccc3)C1)C2. The molecule has 2 aliphatic rings. The van der Waals surface area contributed by atoms with Crippen LogP contribution in [0.25, 0.3) is 6.08 Å². The van der Waals surface area contributed by atoms with Crippen LogP contribution in [0.5, 0.6) is 0 Å². The van der Waals surface area contributed by atoms with Gasteiger partial charge in [-0.05, 0) is 43.0 Å². The molecule has 2 bridgehead atoms. The van der Waals surface area contributed by atoms with Crippen molar-refractivity contribution in [3.63, 3.8) is 0 Å². The molecule has 1 fully saturated rings. The minimum absolute atomic E-state index is 0.0702. The van der Waals surface area contributed by atoms with E-state index in [-0.39, 0.29) is 17.4 Å². The third kappa shape index (κ3) is 2.82. The molecule has 2 aliphatic heterocycles. The molecule has 1 amide bonds. The Balaban J connectivity index is 1.70. The molecule has 4 nitrogen and oxygen atoms in total. The summed E-state index contributed by atoms with van der Waals surface area (Å²) in [6.07, 6.45) is 5.11. The van der Waals surface area contributed by atoms with Crippen LogP contribution in [0.2, 0.25) is 0 Å². The largest absolute Gasteiger partial charge is 0.338 e. The van der Waals surface area contributed by atoms with Crippen molar-refractivity contribution in [2.24, 2.45) is 5.92 Å². The van der Waals surface area contributed by atoms with Crippen LogP contribution in [-0.4, -0.2) is 28.5 Å². The van der Waals surface area contributed by atoms with E-state index in [9.17, 15) is 9.59 Å². The zero-order chi connectivity index (χ0) is 17.4. The third-order valence-corrected chi connectivity index (χ3v) is 5.28. The smallest absolute Gasteiger partial charge is 0.253 e. The van der Waals surface area contributed by atoms with Crippen LogP contribution < -0.4 is 5.56 Å². The molecule has 1 saturated heterocycles. The van der Waals surface area contributed by atoms with Gasteiger partial charge in [0.1, 0.15) is 0 Å². The quantitative estimate of drug-likeness (QED) is 0.847. The molecular weight excluding hydrogens is 312 g/mol. The van der Waals surface area contributed by atoms with Crippen LogP contribution >= 0.6 is 0 Å². The second kappa shape index (κ2) is 6.36. The topological polar surface area (TPSA) is 42.3 Å². The fourth-order valence-corrected chi connectivity index (χ4v) is 4.30. The Morgan fingerprint density at radius 3 is 2.64 bits per heavy atom. The standard InChI is InChI=1S/C21H22N2O2/c1-2-6-16-9-10-19(24)23-13-15-11-18(20(16)23)14-22(12-15)21(25)17-7-4-3-5-8-17/h2-10,15,18H,11-14H2,1H3/t15-,18-/m0/s1. The number of benzene rings is 1. The van der Waals surface area contributed by atoms with Crippen LogP contribution in [0, 0.1) is 5.92 Å². The summed E-state index contributed by atoms with van der Waals surface area (Å²) in [5.41, 5.74) is 2.99. The van der Waals surface area contributed by atoms with E-state index in [1.807, 2.05) is 58.9 Å². The lowest BCUT2D eigenvalue weighted by molar-refractivity contribution is 0.0594. The van der Waals surface area contributed by atoms with Crippen LogP contribution in [0.15, 0.2) is 53.3 Å². The molecule has 0 saturated carbocycles. The van der Waals surface area contributed by atoms with E-state index in [2.05, 4.69) is 6.08 Å². The summed E-state index contributed by atoms with van der Waals surface area (Å²) in [5, 5.41) is 0. The maximum Gasteiger partial charge on any atom is 0.253 e. The Labute approximate surface area is 147 Å². The predicted octanol–water partition coefficient (Wildman–Crippen LogP) is 3.14. The molecule has 0 N–H and O–H groups in total. The van der Waals surface area contributed by atoms with Crippen molar-refractivity contribution in [2.45, 2.75) is 25.8 Å². The van der Waals surface area contributed by atoms with Gasteiger partial charge in [-0.2, -0.15) is 0 Å². The first-order chi connectivity index (χ1) is 12.2. The summed E-state index contributed by atoms with van der Waals surface area (Å²) in [4.78, 5) is 27.2. The Bertz CT molecular complexity index is 883. The highest BCUT2D eigenvalue weighted by atomic mass is 16.2. The van der Waals surface area contributed by atoms with Gasteiger partial charge >= 0.3 is 0 Å². The zero-order valence-electron chi connectivity index (χ0n) is 14.4. The van der Waals surface area contributed by atoms with Gasteiger partial charge in [0.05, 0.1) is 0 Å². The first-order valence-corrected chi connectivity index (χ1v) is 8.88. The summed E-state index contributed by atoms with van der Waals surface area (Å²) in [6.45, 7) is 4.09.